The summed E-state index contributed by atoms with van der Waals surface area (Å²) in [5.41, 5.74) is 0.987. The van der Waals surface area contributed by atoms with Crippen LogP contribution in [0.3, 0.4) is 0 Å². The van der Waals surface area contributed by atoms with E-state index in [4.69, 9.17) is 4.74 Å². The molecule has 0 aliphatic carbocycles. The summed E-state index contributed by atoms with van der Waals surface area (Å²) in [4.78, 5) is 18.2. The average molecular weight is 296 g/mol. The van der Waals surface area contributed by atoms with E-state index in [9.17, 15) is 4.79 Å². The van der Waals surface area contributed by atoms with Gasteiger partial charge < -0.3 is 9.64 Å². The predicted octanol–water partition coefficient (Wildman–Crippen LogP) is 3.95. The number of ether oxygens (including phenoxy) is 1. The Balaban J connectivity index is 1.91. The van der Waals surface area contributed by atoms with Gasteiger partial charge in [0.25, 0.3) is 0 Å². The van der Waals surface area contributed by atoms with Crippen molar-refractivity contribution in [3.05, 3.63) is 54.2 Å². The lowest BCUT2D eigenvalue weighted by atomic mass is 9.96. The van der Waals surface area contributed by atoms with Gasteiger partial charge in [-0.2, -0.15) is 0 Å². The summed E-state index contributed by atoms with van der Waals surface area (Å²) in [5.74, 6) is 1.46. The monoisotopic (exact) mass is 296 g/mol. The minimum atomic E-state index is 0.0543. The minimum Gasteiger partial charge on any atom is -0.439 e. The van der Waals surface area contributed by atoms with E-state index >= 15 is 0 Å². The molecule has 2 aromatic rings. The van der Waals surface area contributed by atoms with Crippen molar-refractivity contribution in [3.8, 4) is 11.6 Å². The van der Waals surface area contributed by atoms with Crippen molar-refractivity contribution >= 4 is 5.91 Å². The zero-order valence-electron chi connectivity index (χ0n) is 12.7. The number of nitrogens with zero attached hydrogens (tertiary/aromatic N) is 2. The van der Waals surface area contributed by atoms with Gasteiger partial charge in [0.15, 0.2) is 0 Å². The van der Waals surface area contributed by atoms with Gasteiger partial charge >= 0.3 is 0 Å². The van der Waals surface area contributed by atoms with Crippen molar-refractivity contribution in [1.29, 1.82) is 0 Å². The van der Waals surface area contributed by atoms with Crippen LogP contribution >= 0.6 is 0 Å². The summed E-state index contributed by atoms with van der Waals surface area (Å²) in [6.07, 6.45) is 4.86. The van der Waals surface area contributed by atoms with Gasteiger partial charge in [0, 0.05) is 25.2 Å². The number of likely N-dealkylation sites (tertiary alicyclic amines) is 1. The number of pyridine rings is 1. The molecule has 22 heavy (non-hydrogen) atoms. The molecule has 2 heterocycles. The quantitative estimate of drug-likeness (QED) is 0.861. The normalized spacial score (nSPS) is 18.0. The fraction of sp³-hybridized carbons (Fsp3) is 0.333. The fourth-order valence-electron chi connectivity index (χ4n) is 2.97. The first-order chi connectivity index (χ1) is 10.8. The Hall–Kier alpha value is -2.36. The minimum absolute atomic E-state index is 0.0543. The van der Waals surface area contributed by atoms with Crippen molar-refractivity contribution in [2.24, 2.45) is 0 Å². The molecule has 0 radical (unpaired) electrons. The summed E-state index contributed by atoms with van der Waals surface area (Å²) < 4.78 is 5.94. The van der Waals surface area contributed by atoms with Crippen LogP contribution in [-0.4, -0.2) is 22.3 Å². The topological polar surface area (TPSA) is 42.4 Å². The summed E-state index contributed by atoms with van der Waals surface area (Å²) in [6.45, 7) is 2.44. The number of carbonyl (C=O) groups is 1. The summed E-state index contributed by atoms with van der Waals surface area (Å²) >= 11 is 0. The first kappa shape index (κ1) is 14.6. The number of hydrogen-bond donors (Lipinski definition) is 0. The van der Waals surface area contributed by atoms with Crippen molar-refractivity contribution in [2.45, 2.75) is 32.2 Å². The van der Waals surface area contributed by atoms with Crippen molar-refractivity contribution in [2.75, 3.05) is 6.54 Å². The highest BCUT2D eigenvalue weighted by Gasteiger charge is 2.28. The first-order valence-corrected chi connectivity index (χ1v) is 7.71. The van der Waals surface area contributed by atoms with Crippen LogP contribution in [0, 0.1) is 0 Å². The molecule has 1 fully saturated rings. The number of rotatable bonds is 3. The maximum atomic E-state index is 11.9. The van der Waals surface area contributed by atoms with E-state index in [1.54, 1.807) is 13.1 Å². The lowest BCUT2D eigenvalue weighted by molar-refractivity contribution is -0.132. The fourth-order valence-corrected chi connectivity index (χ4v) is 2.97. The molecule has 4 nitrogen and oxygen atoms in total. The third-order valence-electron chi connectivity index (χ3n) is 4.02. The molecule has 0 spiro atoms. The zero-order valence-corrected chi connectivity index (χ0v) is 12.7. The van der Waals surface area contributed by atoms with E-state index in [1.165, 1.54) is 0 Å². The largest absolute Gasteiger partial charge is 0.439 e. The molecular formula is C18H20N2O2. The molecule has 0 N–H and O–H groups in total. The zero-order chi connectivity index (χ0) is 15.4. The second kappa shape index (κ2) is 6.60. The average Bonchev–Trinajstić information content (AvgIpc) is 2.56. The van der Waals surface area contributed by atoms with Gasteiger partial charge in [0.1, 0.15) is 5.75 Å². The Morgan fingerprint density at radius 3 is 2.77 bits per heavy atom. The summed E-state index contributed by atoms with van der Waals surface area (Å²) in [7, 11) is 0. The molecule has 1 aliphatic rings. The third kappa shape index (κ3) is 3.11. The number of hydrogen-bond acceptors (Lipinski definition) is 3. The van der Waals surface area contributed by atoms with Crippen molar-refractivity contribution in [1.82, 2.24) is 9.88 Å². The second-order valence-electron chi connectivity index (χ2n) is 5.54. The van der Waals surface area contributed by atoms with Crippen LogP contribution in [0.2, 0.25) is 0 Å². The molecule has 114 valence electrons. The Morgan fingerprint density at radius 1 is 1.18 bits per heavy atom. The first-order valence-electron chi connectivity index (χ1n) is 7.71. The summed E-state index contributed by atoms with van der Waals surface area (Å²) in [6, 6.07) is 13.6. The van der Waals surface area contributed by atoms with Gasteiger partial charge in [-0.3, -0.25) is 4.79 Å². The van der Waals surface area contributed by atoms with Gasteiger partial charge in [-0.05, 0) is 37.5 Å². The lowest BCUT2D eigenvalue weighted by Gasteiger charge is -2.35. The molecule has 1 atom stereocenters. The standard InChI is InChI=1S/C18H20N2O2/c1-14(21)20-13-6-5-11-17(20)16-10-7-12-19-18(16)22-15-8-3-2-4-9-15/h2-4,7-10,12,17H,5-6,11,13H2,1H3/t17-/m0/s1. The number of amides is 1. The molecule has 0 bridgehead atoms. The number of benzene rings is 1. The molecule has 0 unspecified atom stereocenters. The number of aromatic nitrogens is 1. The van der Waals surface area contributed by atoms with E-state index < -0.39 is 0 Å². The van der Waals surface area contributed by atoms with Crippen LogP contribution in [-0.2, 0) is 4.79 Å². The van der Waals surface area contributed by atoms with Crippen LogP contribution in [0.5, 0.6) is 11.6 Å². The highest BCUT2D eigenvalue weighted by atomic mass is 16.5. The molecular weight excluding hydrogens is 276 g/mol. The molecule has 1 amide bonds. The van der Waals surface area contributed by atoms with Gasteiger partial charge in [0.2, 0.25) is 11.8 Å². The van der Waals surface area contributed by atoms with E-state index in [0.29, 0.717) is 5.88 Å². The molecule has 4 heteroatoms. The predicted molar refractivity (Wildman–Crippen MR) is 84.7 cm³/mol. The molecule has 3 rings (SSSR count). The van der Waals surface area contributed by atoms with Gasteiger partial charge in [0.05, 0.1) is 6.04 Å². The Bertz CT molecular complexity index is 643. The molecule has 1 aliphatic heterocycles. The Morgan fingerprint density at radius 2 is 2.00 bits per heavy atom. The maximum Gasteiger partial charge on any atom is 0.224 e. The van der Waals surface area contributed by atoms with Crippen LogP contribution < -0.4 is 4.74 Å². The highest BCUT2D eigenvalue weighted by Crippen LogP contribution is 2.36. The number of piperidine rings is 1. The molecule has 0 saturated carbocycles. The maximum absolute atomic E-state index is 11.9. The van der Waals surface area contributed by atoms with Gasteiger partial charge in [-0.1, -0.05) is 24.3 Å². The smallest absolute Gasteiger partial charge is 0.224 e. The van der Waals surface area contributed by atoms with E-state index in [0.717, 1.165) is 37.1 Å². The molecule has 1 aromatic carbocycles. The van der Waals surface area contributed by atoms with Crippen LogP contribution in [0.15, 0.2) is 48.7 Å². The number of para-hydroxylation sites is 1. The van der Waals surface area contributed by atoms with E-state index in [1.807, 2.05) is 47.4 Å². The van der Waals surface area contributed by atoms with Crippen LogP contribution in [0.4, 0.5) is 0 Å². The van der Waals surface area contributed by atoms with E-state index in [2.05, 4.69) is 4.98 Å². The SMILES string of the molecule is CC(=O)N1CCCC[C@H]1c1cccnc1Oc1ccccc1. The van der Waals surface area contributed by atoms with Crippen LogP contribution in [0.1, 0.15) is 37.8 Å². The molecule has 1 aromatic heterocycles. The van der Waals surface area contributed by atoms with Crippen molar-refractivity contribution in [3.63, 3.8) is 0 Å². The van der Waals surface area contributed by atoms with E-state index in [-0.39, 0.29) is 11.9 Å². The van der Waals surface area contributed by atoms with Crippen LogP contribution in [0.25, 0.3) is 0 Å². The molecule has 1 saturated heterocycles. The second-order valence-corrected chi connectivity index (χ2v) is 5.54. The Kier molecular flexibility index (Phi) is 4.37. The Labute approximate surface area is 130 Å². The van der Waals surface area contributed by atoms with Crippen molar-refractivity contribution < 1.29 is 9.53 Å². The van der Waals surface area contributed by atoms with Gasteiger partial charge in [-0.15, -0.1) is 0 Å². The van der Waals surface area contributed by atoms with Gasteiger partial charge in [-0.25, -0.2) is 4.98 Å². The number of carbonyl (C=O) groups excluding carboxylic acids is 1. The third-order valence-corrected chi connectivity index (χ3v) is 4.02. The lowest BCUT2D eigenvalue weighted by Crippen LogP contribution is -2.37. The summed E-state index contributed by atoms with van der Waals surface area (Å²) in [5, 5.41) is 0. The highest BCUT2D eigenvalue weighted by molar-refractivity contribution is 5.74.